The zero-order valence-corrected chi connectivity index (χ0v) is 22.2. The van der Waals surface area contributed by atoms with Crippen LogP contribution in [0.4, 0.5) is 5.95 Å². The zero-order chi connectivity index (χ0) is 27.2. The number of carbonyl (C=O) groups excluding carboxylic acids is 2. The number of aromatic nitrogens is 2. The summed E-state index contributed by atoms with van der Waals surface area (Å²) in [5, 5.41) is 2.96. The number of benzene rings is 3. The number of nitrogens with zero attached hydrogens (tertiary/aromatic N) is 3. The molecule has 0 saturated heterocycles. The number of methoxy groups -OCH3 is 2. The van der Waals surface area contributed by atoms with Gasteiger partial charge in [0.25, 0.3) is 0 Å². The van der Waals surface area contributed by atoms with Crippen LogP contribution in [0.1, 0.15) is 18.4 Å². The van der Waals surface area contributed by atoms with Gasteiger partial charge >= 0.3 is 0 Å². The predicted octanol–water partition coefficient (Wildman–Crippen LogP) is 4.98. The first-order valence-corrected chi connectivity index (χ1v) is 13.0. The average Bonchev–Trinajstić information content (AvgIpc) is 3.69. The maximum atomic E-state index is 13.3. The standard InChI is InChI=1S/C31H32N4O4/c1-38-27-16-15-25(18-28(27)39-2)35-20-26(24-11-7-4-8-12-24)32-31(35)33-29(36)21-34(19-23-13-14-23)30(37)17-22-9-5-3-6-10-22/h3-12,15-16,18,20,23H,13-14,17,19,21H2,1-2H3,(H,32,33,36). The van der Waals surface area contributed by atoms with Gasteiger partial charge in [-0.25, -0.2) is 4.98 Å². The van der Waals surface area contributed by atoms with Crippen LogP contribution >= 0.6 is 0 Å². The lowest BCUT2D eigenvalue weighted by molar-refractivity contribution is -0.134. The summed E-state index contributed by atoms with van der Waals surface area (Å²) in [6.45, 7) is 0.542. The molecule has 5 rings (SSSR count). The first-order valence-electron chi connectivity index (χ1n) is 13.0. The third-order valence-electron chi connectivity index (χ3n) is 6.73. The van der Waals surface area contributed by atoms with Gasteiger partial charge in [0.05, 0.1) is 38.6 Å². The van der Waals surface area contributed by atoms with Gasteiger partial charge in [-0.3, -0.25) is 19.5 Å². The third-order valence-corrected chi connectivity index (χ3v) is 6.73. The Morgan fingerprint density at radius 3 is 2.31 bits per heavy atom. The first-order chi connectivity index (χ1) is 19.0. The maximum Gasteiger partial charge on any atom is 0.246 e. The minimum atomic E-state index is -0.302. The number of ether oxygens (including phenoxy) is 2. The molecule has 39 heavy (non-hydrogen) atoms. The summed E-state index contributed by atoms with van der Waals surface area (Å²) in [4.78, 5) is 32.9. The Morgan fingerprint density at radius 1 is 0.949 bits per heavy atom. The van der Waals surface area contributed by atoms with Crippen molar-refractivity contribution in [1.82, 2.24) is 14.5 Å². The molecule has 1 fully saturated rings. The number of rotatable bonds is 11. The van der Waals surface area contributed by atoms with E-state index in [1.165, 1.54) is 0 Å². The number of hydrogen-bond acceptors (Lipinski definition) is 5. The summed E-state index contributed by atoms with van der Waals surface area (Å²) in [7, 11) is 3.16. The van der Waals surface area contributed by atoms with E-state index in [9.17, 15) is 9.59 Å². The fourth-order valence-electron chi connectivity index (χ4n) is 4.47. The van der Waals surface area contributed by atoms with Gasteiger partial charge in [0.1, 0.15) is 0 Å². The van der Waals surface area contributed by atoms with Crippen LogP contribution < -0.4 is 14.8 Å². The number of imidazole rings is 1. The van der Waals surface area contributed by atoms with Crippen molar-refractivity contribution in [3.63, 3.8) is 0 Å². The lowest BCUT2D eigenvalue weighted by Crippen LogP contribution is -2.40. The van der Waals surface area contributed by atoms with Crippen molar-refractivity contribution in [2.45, 2.75) is 19.3 Å². The number of anilines is 1. The molecular formula is C31H32N4O4. The molecule has 0 bridgehead atoms. The van der Waals surface area contributed by atoms with Gasteiger partial charge in [-0.2, -0.15) is 0 Å². The summed E-state index contributed by atoms with van der Waals surface area (Å²) in [6.07, 6.45) is 4.30. The molecule has 0 unspecified atom stereocenters. The highest BCUT2D eigenvalue weighted by molar-refractivity contribution is 5.94. The lowest BCUT2D eigenvalue weighted by Gasteiger charge is -2.22. The van der Waals surface area contributed by atoms with Crippen molar-refractivity contribution in [2.24, 2.45) is 5.92 Å². The Bertz CT molecular complexity index is 1430. The fraction of sp³-hybridized carbons (Fsp3) is 0.258. The Morgan fingerprint density at radius 2 is 1.64 bits per heavy atom. The van der Waals surface area contributed by atoms with E-state index >= 15 is 0 Å². The Hall–Kier alpha value is -4.59. The maximum absolute atomic E-state index is 13.3. The van der Waals surface area contributed by atoms with Crippen molar-refractivity contribution in [2.75, 3.05) is 32.6 Å². The second kappa shape index (κ2) is 11.9. The Labute approximate surface area is 228 Å². The number of nitrogens with one attached hydrogen (secondary N) is 1. The van der Waals surface area contributed by atoms with Crippen molar-refractivity contribution in [3.05, 3.63) is 90.6 Å². The number of carbonyl (C=O) groups is 2. The molecule has 1 saturated carbocycles. The second-order valence-electron chi connectivity index (χ2n) is 9.65. The summed E-state index contributed by atoms with van der Waals surface area (Å²) >= 11 is 0. The molecule has 1 aliphatic carbocycles. The van der Waals surface area contributed by atoms with E-state index in [0.29, 0.717) is 35.6 Å². The zero-order valence-electron chi connectivity index (χ0n) is 22.2. The van der Waals surface area contributed by atoms with E-state index in [2.05, 4.69) is 5.32 Å². The molecule has 3 aromatic carbocycles. The summed E-state index contributed by atoms with van der Waals surface area (Å²) in [6, 6.07) is 24.9. The molecule has 8 heteroatoms. The average molecular weight is 525 g/mol. The highest BCUT2D eigenvalue weighted by atomic mass is 16.5. The minimum Gasteiger partial charge on any atom is -0.493 e. The molecule has 0 radical (unpaired) electrons. The van der Waals surface area contributed by atoms with Gasteiger partial charge in [0.2, 0.25) is 17.8 Å². The van der Waals surface area contributed by atoms with Crippen LogP contribution in [0, 0.1) is 5.92 Å². The molecule has 0 aliphatic heterocycles. The number of hydrogen-bond donors (Lipinski definition) is 1. The molecule has 200 valence electrons. The van der Waals surface area contributed by atoms with Crippen LogP contribution in [0.5, 0.6) is 11.5 Å². The SMILES string of the molecule is COc1ccc(-n2cc(-c3ccccc3)nc2NC(=O)CN(CC2CC2)C(=O)Cc2ccccc2)cc1OC. The molecule has 1 aromatic heterocycles. The summed E-state index contributed by atoms with van der Waals surface area (Å²) in [5.74, 6) is 1.61. The molecule has 0 atom stereocenters. The van der Waals surface area contributed by atoms with Crippen molar-refractivity contribution in [3.8, 4) is 28.4 Å². The highest BCUT2D eigenvalue weighted by Gasteiger charge is 2.28. The monoisotopic (exact) mass is 524 g/mol. The van der Waals surface area contributed by atoms with Gasteiger partial charge < -0.3 is 14.4 Å². The van der Waals surface area contributed by atoms with Gasteiger partial charge in [-0.15, -0.1) is 0 Å². The molecule has 4 aromatic rings. The van der Waals surface area contributed by atoms with E-state index in [4.69, 9.17) is 14.5 Å². The first kappa shape index (κ1) is 26.0. The van der Waals surface area contributed by atoms with Crippen molar-refractivity contribution < 1.29 is 19.1 Å². The van der Waals surface area contributed by atoms with Gasteiger partial charge in [0, 0.05) is 24.4 Å². The van der Waals surface area contributed by atoms with Crippen LogP contribution in [-0.4, -0.2) is 53.6 Å². The van der Waals surface area contributed by atoms with E-state index in [1.807, 2.05) is 85.1 Å². The van der Waals surface area contributed by atoms with Crippen LogP contribution in [-0.2, 0) is 16.0 Å². The van der Waals surface area contributed by atoms with Crippen molar-refractivity contribution in [1.29, 1.82) is 0 Å². The van der Waals surface area contributed by atoms with Gasteiger partial charge in [-0.05, 0) is 36.5 Å². The second-order valence-corrected chi connectivity index (χ2v) is 9.65. The molecule has 0 spiro atoms. The van der Waals surface area contributed by atoms with Crippen LogP contribution in [0.2, 0.25) is 0 Å². The Kier molecular flexibility index (Phi) is 7.91. The molecule has 1 heterocycles. The largest absolute Gasteiger partial charge is 0.493 e. The van der Waals surface area contributed by atoms with E-state index in [-0.39, 0.29) is 24.8 Å². The topological polar surface area (TPSA) is 85.7 Å². The van der Waals surface area contributed by atoms with E-state index < -0.39 is 0 Å². The highest BCUT2D eigenvalue weighted by Crippen LogP contribution is 2.32. The lowest BCUT2D eigenvalue weighted by atomic mass is 10.1. The third kappa shape index (κ3) is 6.46. The fourth-order valence-corrected chi connectivity index (χ4v) is 4.47. The number of amides is 2. The van der Waals surface area contributed by atoms with E-state index in [1.54, 1.807) is 23.7 Å². The smallest absolute Gasteiger partial charge is 0.246 e. The van der Waals surface area contributed by atoms with E-state index in [0.717, 1.165) is 29.7 Å². The minimum absolute atomic E-state index is 0.0400. The van der Waals surface area contributed by atoms with Crippen LogP contribution in [0.3, 0.4) is 0 Å². The molecular weight excluding hydrogens is 492 g/mol. The molecule has 1 aliphatic rings. The van der Waals surface area contributed by atoms with Crippen LogP contribution in [0.15, 0.2) is 85.1 Å². The quantitative estimate of drug-likeness (QED) is 0.299. The molecule has 8 nitrogen and oxygen atoms in total. The molecule has 2 amide bonds. The van der Waals surface area contributed by atoms with Gasteiger partial charge in [0.15, 0.2) is 11.5 Å². The molecule has 1 N–H and O–H groups in total. The summed E-state index contributed by atoms with van der Waals surface area (Å²) < 4.78 is 12.7. The predicted molar refractivity (Wildman–Crippen MR) is 150 cm³/mol. The van der Waals surface area contributed by atoms with Gasteiger partial charge in [-0.1, -0.05) is 60.7 Å². The Balaban J connectivity index is 1.40. The summed E-state index contributed by atoms with van der Waals surface area (Å²) in [5.41, 5.74) is 3.30. The van der Waals surface area contributed by atoms with Crippen LogP contribution in [0.25, 0.3) is 16.9 Å². The van der Waals surface area contributed by atoms with Crippen molar-refractivity contribution >= 4 is 17.8 Å². The normalized spacial score (nSPS) is 12.6.